The van der Waals surface area contributed by atoms with Crippen LogP contribution in [-0.4, -0.2) is 28.9 Å². The lowest BCUT2D eigenvalue weighted by atomic mass is 9.96. The Labute approximate surface area is 132 Å². The van der Waals surface area contributed by atoms with Gasteiger partial charge in [-0.2, -0.15) is 0 Å². The summed E-state index contributed by atoms with van der Waals surface area (Å²) in [5.74, 6) is 0.876. The number of rotatable bonds is 4. The highest BCUT2D eigenvalue weighted by molar-refractivity contribution is 7.80. The SMILES string of the molecule is CCCC1CCCN(C(=O)c2cccc(C(N)=S)c2)CC1. The fraction of sp³-hybridized carbons (Fsp3) is 0.529. The van der Waals surface area contributed by atoms with E-state index >= 15 is 0 Å². The maximum Gasteiger partial charge on any atom is 0.253 e. The third-order valence-electron chi connectivity index (χ3n) is 4.23. The molecule has 2 N–H and O–H groups in total. The molecule has 21 heavy (non-hydrogen) atoms. The molecule has 0 radical (unpaired) electrons. The van der Waals surface area contributed by atoms with Crippen LogP contribution in [0.2, 0.25) is 0 Å². The molecule has 1 fully saturated rings. The van der Waals surface area contributed by atoms with Crippen molar-refractivity contribution >= 4 is 23.1 Å². The zero-order valence-electron chi connectivity index (χ0n) is 12.7. The maximum absolute atomic E-state index is 12.6. The predicted octanol–water partition coefficient (Wildman–Crippen LogP) is 3.36. The standard InChI is InChI=1S/C17H24N2OS/c1-2-5-13-6-4-10-19(11-9-13)17(20)15-8-3-7-14(12-15)16(18)21/h3,7-8,12-13H,2,4-6,9-11H2,1H3,(H2,18,21). The Balaban J connectivity index is 2.06. The number of hydrogen-bond donors (Lipinski definition) is 1. The minimum atomic E-state index is 0.102. The smallest absolute Gasteiger partial charge is 0.253 e. The van der Waals surface area contributed by atoms with Crippen LogP contribution in [0.3, 0.4) is 0 Å². The van der Waals surface area contributed by atoms with Gasteiger partial charge in [0.15, 0.2) is 0 Å². The molecule has 1 unspecified atom stereocenters. The molecule has 1 saturated heterocycles. The number of nitrogens with zero attached hydrogens (tertiary/aromatic N) is 1. The van der Waals surface area contributed by atoms with E-state index in [1.165, 1.54) is 19.3 Å². The molecule has 0 saturated carbocycles. The minimum Gasteiger partial charge on any atom is -0.389 e. The van der Waals surface area contributed by atoms with Gasteiger partial charge >= 0.3 is 0 Å². The van der Waals surface area contributed by atoms with Crippen molar-refractivity contribution in [2.45, 2.75) is 39.0 Å². The molecule has 0 bridgehead atoms. The normalized spacial score (nSPS) is 19.1. The minimum absolute atomic E-state index is 0.102. The number of carbonyl (C=O) groups excluding carboxylic acids is 1. The molecule has 0 aromatic heterocycles. The molecule has 1 aromatic rings. The number of nitrogens with two attached hydrogens (primary N) is 1. The average molecular weight is 304 g/mol. The van der Waals surface area contributed by atoms with Crippen molar-refractivity contribution < 1.29 is 4.79 Å². The van der Waals surface area contributed by atoms with Crippen LogP contribution in [-0.2, 0) is 0 Å². The molecule has 1 amide bonds. The Morgan fingerprint density at radius 3 is 2.81 bits per heavy atom. The molecule has 1 heterocycles. The fourth-order valence-electron chi connectivity index (χ4n) is 3.05. The Morgan fingerprint density at radius 1 is 1.33 bits per heavy atom. The topological polar surface area (TPSA) is 46.3 Å². The lowest BCUT2D eigenvalue weighted by Gasteiger charge is -2.21. The molecule has 0 spiro atoms. The van der Waals surface area contributed by atoms with Crippen LogP contribution in [0.15, 0.2) is 24.3 Å². The van der Waals surface area contributed by atoms with Gasteiger partial charge in [-0.15, -0.1) is 0 Å². The van der Waals surface area contributed by atoms with E-state index < -0.39 is 0 Å². The van der Waals surface area contributed by atoms with E-state index in [0.717, 1.165) is 37.4 Å². The molecule has 3 nitrogen and oxygen atoms in total. The zero-order valence-corrected chi connectivity index (χ0v) is 13.5. The first-order valence-electron chi connectivity index (χ1n) is 7.81. The lowest BCUT2D eigenvalue weighted by Crippen LogP contribution is -2.32. The van der Waals surface area contributed by atoms with Gasteiger partial charge in [-0.1, -0.05) is 44.1 Å². The first kappa shape index (κ1) is 16.0. The van der Waals surface area contributed by atoms with Crippen molar-refractivity contribution in [3.05, 3.63) is 35.4 Å². The molecule has 4 heteroatoms. The van der Waals surface area contributed by atoms with Crippen LogP contribution in [0.5, 0.6) is 0 Å². The number of likely N-dealkylation sites (tertiary alicyclic amines) is 1. The molecule has 114 valence electrons. The summed E-state index contributed by atoms with van der Waals surface area (Å²) < 4.78 is 0. The quantitative estimate of drug-likeness (QED) is 0.868. The molecule has 2 rings (SSSR count). The number of hydrogen-bond acceptors (Lipinski definition) is 2. The summed E-state index contributed by atoms with van der Waals surface area (Å²) in [5, 5.41) is 0. The Hall–Kier alpha value is -1.42. The van der Waals surface area contributed by atoms with Gasteiger partial charge in [-0.05, 0) is 37.3 Å². The van der Waals surface area contributed by atoms with Crippen LogP contribution in [0.4, 0.5) is 0 Å². The Morgan fingerprint density at radius 2 is 2.10 bits per heavy atom. The summed E-state index contributed by atoms with van der Waals surface area (Å²) in [4.78, 5) is 15.0. The van der Waals surface area contributed by atoms with Gasteiger partial charge in [0.2, 0.25) is 0 Å². The van der Waals surface area contributed by atoms with Gasteiger partial charge < -0.3 is 10.6 Å². The number of benzene rings is 1. The third-order valence-corrected chi connectivity index (χ3v) is 4.46. The second-order valence-electron chi connectivity index (χ2n) is 5.82. The molecule has 1 aliphatic rings. The van der Waals surface area contributed by atoms with E-state index in [2.05, 4.69) is 6.92 Å². The molecule has 1 aliphatic heterocycles. The van der Waals surface area contributed by atoms with Crippen molar-refractivity contribution in [1.82, 2.24) is 4.90 Å². The number of amides is 1. The number of carbonyl (C=O) groups is 1. The van der Waals surface area contributed by atoms with Crippen LogP contribution in [0.25, 0.3) is 0 Å². The molecular formula is C17H24N2OS. The van der Waals surface area contributed by atoms with E-state index in [1.807, 2.05) is 23.1 Å². The second kappa shape index (κ2) is 7.55. The second-order valence-corrected chi connectivity index (χ2v) is 6.26. The predicted molar refractivity (Wildman–Crippen MR) is 90.5 cm³/mol. The van der Waals surface area contributed by atoms with Crippen LogP contribution in [0.1, 0.15) is 54.9 Å². The van der Waals surface area contributed by atoms with Gasteiger partial charge in [-0.3, -0.25) is 4.79 Å². The van der Waals surface area contributed by atoms with E-state index in [0.29, 0.717) is 10.6 Å². The summed E-state index contributed by atoms with van der Waals surface area (Å²) in [6, 6.07) is 7.34. The Bertz CT molecular complexity index is 515. The summed E-state index contributed by atoms with van der Waals surface area (Å²) in [5.41, 5.74) is 7.09. The van der Waals surface area contributed by atoms with Gasteiger partial charge in [0.1, 0.15) is 4.99 Å². The monoisotopic (exact) mass is 304 g/mol. The highest BCUT2D eigenvalue weighted by Gasteiger charge is 2.21. The van der Waals surface area contributed by atoms with Gasteiger partial charge in [0.05, 0.1) is 0 Å². The summed E-state index contributed by atoms with van der Waals surface area (Å²) >= 11 is 4.98. The van der Waals surface area contributed by atoms with E-state index in [4.69, 9.17) is 18.0 Å². The van der Waals surface area contributed by atoms with Crippen molar-refractivity contribution in [3.63, 3.8) is 0 Å². The summed E-state index contributed by atoms with van der Waals surface area (Å²) in [7, 11) is 0. The maximum atomic E-state index is 12.6. The van der Waals surface area contributed by atoms with E-state index in [9.17, 15) is 4.79 Å². The summed E-state index contributed by atoms with van der Waals surface area (Å²) in [6.07, 6.45) is 5.97. The highest BCUT2D eigenvalue weighted by Crippen LogP contribution is 2.23. The van der Waals surface area contributed by atoms with Gasteiger partial charge in [-0.25, -0.2) is 0 Å². The van der Waals surface area contributed by atoms with Crippen molar-refractivity contribution in [1.29, 1.82) is 0 Å². The van der Waals surface area contributed by atoms with Crippen LogP contribution >= 0.6 is 12.2 Å². The van der Waals surface area contributed by atoms with Gasteiger partial charge in [0, 0.05) is 24.2 Å². The van der Waals surface area contributed by atoms with E-state index in [1.54, 1.807) is 6.07 Å². The van der Waals surface area contributed by atoms with Crippen molar-refractivity contribution in [2.24, 2.45) is 11.7 Å². The highest BCUT2D eigenvalue weighted by atomic mass is 32.1. The first-order chi connectivity index (χ1) is 10.1. The molecule has 0 aliphatic carbocycles. The number of thiocarbonyl (C=S) groups is 1. The zero-order chi connectivity index (χ0) is 15.2. The van der Waals surface area contributed by atoms with Gasteiger partial charge in [0.25, 0.3) is 5.91 Å². The molecule has 1 atom stereocenters. The molecular weight excluding hydrogens is 280 g/mol. The van der Waals surface area contributed by atoms with Crippen molar-refractivity contribution in [2.75, 3.05) is 13.1 Å². The largest absolute Gasteiger partial charge is 0.389 e. The first-order valence-corrected chi connectivity index (χ1v) is 8.21. The van der Waals surface area contributed by atoms with Crippen LogP contribution in [0, 0.1) is 5.92 Å². The van der Waals surface area contributed by atoms with Crippen molar-refractivity contribution in [3.8, 4) is 0 Å². The molecule has 1 aromatic carbocycles. The van der Waals surface area contributed by atoms with E-state index in [-0.39, 0.29) is 5.91 Å². The Kier molecular flexibility index (Phi) is 5.74. The average Bonchev–Trinajstić information content (AvgIpc) is 2.73. The lowest BCUT2D eigenvalue weighted by molar-refractivity contribution is 0.0760. The summed E-state index contributed by atoms with van der Waals surface area (Å²) in [6.45, 7) is 3.95. The fourth-order valence-corrected chi connectivity index (χ4v) is 3.18. The third kappa shape index (κ3) is 4.27. The van der Waals surface area contributed by atoms with Crippen LogP contribution < -0.4 is 5.73 Å².